The predicted octanol–water partition coefficient (Wildman–Crippen LogP) is 4.92. The number of nitrogens with one attached hydrogen (secondary N) is 1. The number of carboxylic acid groups (broad SMARTS) is 1. The van der Waals surface area contributed by atoms with Crippen molar-refractivity contribution in [3.8, 4) is 11.1 Å². The van der Waals surface area contributed by atoms with Crippen LogP contribution in [-0.4, -0.2) is 53.7 Å². The smallest absolute Gasteiger partial charge is 0.407 e. The van der Waals surface area contributed by atoms with E-state index in [1.807, 2.05) is 54.6 Å². The summed E-state index contributed by atoms with van der Waals surface area (Å²) in [6.45, 7) is 1.26. The van der Waals surface area contributed by atoms with Crippen molar-refractivity contribution in [3.05, 3.63) is 95.6 Å². The first-order valence-corrected chi connectivity index (χ1v) is 12.7. The van der Waals surface area contributed by atoms with E-state index in [4.69, 9.17) is 4.74 Å². The quantitative estimate of drug-likeness (QED) is 0.482. The van der Waals surface area contributed by atoms with Gasteiger partial charge >= 0.3 is 12.1 Å². The van der Waals surface area contributed by atoms with Crippen molar-refractivity contribution in [2.75, 3.05) is 19.7 Å². The fourth-order valence-corrected chi connectivity index (χ4v) is 5.47. The number of aliphatic carboxylic acids is 1. The van der Waals surface area contributed by atoms with Crippen molar-refractivity contribution < 1.29 is 24.2 Å². The zero-order chi connectivity index (χ0) is 25.8. The van der Waals surface area contributed by atoms with Crippen LogP contribution in [-0.2, 0) is 9.53 Å². The van der Waals surface area contributed by atoms with Gasteiger partial charge in [0.15, 0.2) is 0 Å². The minimum atomic E-state index is -1.09. The van der Waals surface area contributed by atoms with Crippen LogP contribution in [0.2, 0.25) is 0 Å². The second kappa shape index (κ2) is 10.9. The number of likely N-dealkylation sites (tertiary alicyclic amines) is 1. The average Bonchev–Trinajstić information content (AvgIpc) is 3.25. The third-order valence-electron chi connectivity index (χ3n) is 7.43. The Labute approximate surface area is 216 Å². The lowest BCUT2D eigenvalue weighted by Gasteiger charge is -2.33. The number of benzene rings is 3. The number of carboxylic acids is 1. The van der Waals surface area contributed by atoms with E-state index in [-0.39, 0.29) is 24.3 Å². The van der Waals surface area contributed by atoms with E-state index in [2.05, 4.69) is 17.4 Å². The summed E-state index contributed by atoms with van der Waals surface area (Å²) in [5.41, 5.74) is 5.12. The summed E-state index contributed by atoms with van der Waals surface area (Å²) in [5, 5.41) is 12.3. The maximum absolute atomic E-state index is 12.7. The molecule has 1 saturated heterocycles. The number of nitrogens with zero attached hydrogens (tertiary/aromatic N) is 1. The molecule has 7 heteroatoms. The molecule has 2 aliphatic rings. The molecule has 7 nitrogen and oxygen atoms in total. The van der Waals surface area contributed by atoms with Crippen LogP contribution in [0, 0.1) is 5.92 Å². The maximum atomic E-state index is 12.7. The summed E-state index contributed by atoms with van der Waals surface area (Å²) in [6, 6.07) is 24.2. The molecule has 1 aliphatic carbocycles. The number of piperidine rings is 1. The van der Waals surface area contributed by atoms with Gasteiger partial charge in [0.2, 0.25) is 0 Å². The normalized spacial score (nSPS) is 15.9. The molecule has 1 atom stereocenters. The minimum Gasteiger partial charge on any atom is -0.480 e. The third kappa shape index (κ3) is 5.35. The van der Waals surface area contributed by atoms with Crippen LogP contribution >= 0.6 is 0 Å². The van der Waals surface area contributed by atoms with Crippen LogP contribution in [0.25, 0.3) is 11.1 Å². The van der Waals surface area contributed by atoms with Crippen molar-refractivity contribution in [1.29, 1.82) is 0 Å². The van der Waals surface area contributed by atoms with Gasteiger partial charge in [0, 0.05) is 24.6 Å². The second-order valence-electron chi connectivity index (χ2n) is 9.70. The summed E-state index contributed by atoms with van der Waals surface area (Å²) in [7, 11) is 0. The molecular formula is C30H30N2O5. The topological polar surface area (TPSA) is 95.9 Å². The van der Waals surface area contributed by atoms with Gasteiger partial charge in [0.1, 0.15) is 12.6 Å². The summed E-state index contributed by atoms with van der Waals surface area (Å²) in [4.78, 5) is 39.0. The molecule has 190 valence electrons. The van der Waals surface area contributed by atoms with Crippen molar-refractivity contribution in [3.63, 3.8) is 0 Å². The summed E-state index contributed by atoms with van der Waals surface area (Å²) in [5.74, 6) is -1.09. The minimum absolute atomic E-state index is 0.00871. The van der Waals surface area contributed by atoms with Crippen LogP contribution in [0.15, 0.2) is 78.9 Å². The monoisotopic (exact) mass is 498 g/mol. The predicted molar refractivity (Wildman–Crippen MR) is 139 cm³/mol. The Hall–Kier alpha value is -4.13. The number of alkyl carbamates (subject to hydrolysis) is 1. The molecule has 37 heavy (non-hydrogen) atoms. The molecule has 0 aromatic heterocycles. The van der Waals surface area contributed by atoms with E-state index in [9.17, 15) is 19.5 Å². The lowest BCUT2D eigenvalue weighted by atomic mass is 9.90. The Kier molecular flexibility index (Phi) is 7.21. The molecule has 3 aromatic carbocycles. The van der Waals surface area contributed by atoms with Crippen LogP contribution < -0.4 is 5.32 Å². The molecular weight excluding hydrogens is 468 g/mol. The number of hydrogen-bond acceptors (Lipinski definition) is 4. The number of fused-ring (bicyclic) bond motifs is 3. The Balaban J connectivity index is 1.14. The van der Waals surface area contributed by atoms with Gasteiger partial charge in [0.25, 0.3) is 5.91 Å². The fourth-order valence-electron chi connectivity index (χ4n) is 5.47. The molecule has 1 aliphatic heterocycles. The Bertz CT molecular complexity index is 1240. The molecule has 1 heterocycles. The largest absolute Gasteiger partial charge is 0.480 e. The summed E-state index contributed by atoms with van der Waals surface area (Å²) >= 11 is 0. The third-order valence-corrected chi connectivity index (χ3v) is 7.43. The zero-order valence-corrected chi connectivity index (χ0v) is 20.5. The van der Waals surface area contributed by atoms with Crippen molar-refractivity contribution in [2.45, 2.75) is 31.2 Å². The highest BCUT2D eigenvalue weighted by Crippen LogP contribution is 2.44. The standard InChI is InChI=1S/C30H30N2O5/c33-28(21-8-2-1-3-9-21)32-16-14-20(15-17-32)18-27(29(34)35)31-30(36)37-19-26-24-12-6-4-10-22(24)23-11-5-7-13-25(23)26/h1-13,20,26-27H,14-19H2,(H,31,36)(H,34,35). The highest BCUT2D eigenvalue weighted by molar-refractivity contribution is 5.94. The molecule has 3 aromatic rings. The highest BCUT2D eigenvalue weighted by atomic mass is 16.5. The number of carbonyl (C=O) groups excluding carboxylic acids is 2. The lowest BCUT2D eigenvalue weighted by Crippen LogP contribution is -2.45. The van der Waals surface area contributed by atoms with Gasteiger partial charge in [-0.25, -0.2) is 9.59 Å². The first-order valence-electron chi connectivity index (χ1n) is 12.7. The molecule has 5 rings (SSSR count). The fraction of sp³-hybridized carbons (Fsp3) is 0.300. The number of carbonyl (C=O) groups is 3. The molecule has 0 bridgehead atoms. The molecule has 0 radical (unpaired) electrons. The number of amides is 2. The molecule has 0 saturated carbocycles. The molecule has 2 N–H and O–H groups in total. The molecule has 0 spiro atoms. The first kappa shape index (κ1) is 24.6. The van der Waals surface area contributed by atoms with E-state index in [1.54, 1.807) is 17.0 Å². The van der Waals surface area contributed by atoms with Gasteiger partial charge in [-0.2, -0.15) is 0 Å². The summed E-state index contributed by atoms with van der Waals surface area (Å²) in [6.07, 6.45) is 0.946. The van der Waals surface area contributed by atoms with Gasteiger partial charge in [-0.05, 0) is 59.6 Å². The van der Waals surface area contributed by atoms with E-state index in [1.165, 1.54) is 0 Å². The maximum Gasteiger partial charge on any atom is 0.407 e. The van der Waals surface area contributed by atoms with Gasteiger partial charge in [-0.3, -0.25) is 4.79 Å². The van der Waals surface area contributed by atoms with Gasteiger partial charge in [-0.1, -0.05) is 66.7 Å². The van der Waals surface area contributed by atoms with Crippen LogP contribution in [0.3, 0.4) is 0 Å². The SMILES string of the molecule is O=C(NC(CC1CCN(C(=O)c2ccccc2)CC1)C(=O)O)OCC1c2ccccc2-c2ccccc21. The van der Waals surface area contributed by atoms with E-state index in [0.29, 0.717) is 37.9 Å². The van der Waals surface area contributed by atoms with E-state index in [0.717, 1.165) is 22.3 Å². The average molecular weight is 499 g/mol. The zero-order valence-electron chi connectivity index (χ0n) is 20.5. The highest BCUT2D eigenvalue weighted by Gasteiger charge is 2.31. The Morgan fingerprint density at radius 2 is 1.43 bits per heavy atom. The Morgan fingerprint density at radius 1 is 0.865 bits per heavy atom. The van der Waals surface area contributed by atoms with Gasteiger partial charge in [0.05, 0.1) is 0 Å². The lowest BCUT2D eigenvalue weighted by molar-refractivity contribution is -0.140. The van der Waals surface area contributed by atoms with Gasteiger partial charge < -0.3 is 20.1 Å². The van der Waals surface area contributed by atoms with Crippen molar-refractivity contribution >= 4 is 18.0 Å². The Morgan fingerprint density at radius 3 is 2.03 bits per heavy atom. The molecule has 1 fully saturated rings. The van der Waals surface area contributed by atoms with Crippen LogP contribution in [0.5, 0.6) is 0 Å². The molecule has 2 amide bonds. The van der Waals surface area contributed by atoms with Crippen LogP contribution in [0.1, 0.15) is 46.7 Å². The van der Waals surface area contributed by atoms with Gasteiger partial charge in [-0.15, -0.1) is 0 Å². The van der Waals surface area contributed by atoms with E-state index >= 15 is 0 Å². The first-order chi connectivity index (χ1) is 18.0. The number of rotatable bonds is 7. The second-order valence-corrected chi connectivity index (χ2v) is 9.70. The van der Waals surface area contributed by atoms with Crippen molar-refractivity contribution in [1.82, 2.24) is 10.2 Å². The molecule has 1 unspecified atom stereocenters. The van der Waals surface area contributed by atoms with E-state index < -0.39 is 18.1 Å². The number of ether oxygens (including phenoxy) is 1. The van der Waals surface area contributed by atoms with Crippen molar-refractivity contribution in [2.24, 2.45) is 5.92 Å². The summed E-state index contributed by atoms with van der Waals surface area (Å²) < 4.78 is 5.54. The number of hydrogen-bond donors (Lipinski definition) is 2. The van der Waals surface area contributed by atoms with Crippen LogP contribution in [0.4, 0.5) is 4.79 Å².